The number of alkyl halides is 3. The lowest BCUT2D eigenvalue weighted by Gasteiger charge is -2.39. The largest absolute Gasteiger partial charge is 0.524 e. The van der Waals surface area contributed by atoms with Crippen LogP contribution in [0.2, 0.25) is 0 Å². The summed E-state index contributed by atoms with van der Waals surface area (Å²) in [6.45, 7) is 0. The van der Waals surface area contributed by atoms with E-state index in [4.69, 9.17) is 8.37 Å². The summed E-state index contributed by atoms with van der Waals surface area (Å²) in [6.07, 6.45) is 0. The van der Waals surface area contributed by atoms with Gasteiger partial charge in [0.05, 0.1) is 0 Å². The molecule has 0 aromatic heterocycles. The van der Waals surface area contributed by atoms with Gasteiger partial charge in [-0.1, -0.05) is 54.6 Å². The first-order chi connectivity index (χ1) is 16.2. The van der Waals surface area contributed by atoms with Crippen LogP contribution in [0, 0.1) is 0 Å². The molecule has 0 fully saturated rings. The van der Waals surface area contributed by atoms with Gasteiger partial charge in [-0.05, 0) is 71.0 Å². The zero-order valence-electron chi connectivity index (χ0n) is 17.6. The first-order valence-electron chi connectivity index (χ1n) is 10.0. The number of rotatable bonds is 7. The van der Waals surface area contributed by atoms with Crippen molar-refractivity contribution in [2.75, 3.05) is 0 Å². The molecule has 4 aromatic rings. The van der Waals surface area contributed by atoms with E-state index in [0.29, 0.717) is 21.3 Å². The van der Waals surface area contributed by atoms with Crippen molar-refractivity contribution in [2.24, 2.45) is 0 Å². The van der Waals surface area contributed by atoms with E-state index in [0.717, 1.165) is 0 Å². The van der Waals surface area contributed by atoms with E-state index in [1.807, 2.05) is 6.07 Å². The van der Waals surface area contributed by atoms with E-state index < -0.39 is 25.9 Å². The Hall–Kier alpha value is -3.27. The van der Waals surface area contributed by atoms with Crippen LogP contribution in [0.1, 0.15) is 0 Å². The number of hydrogen-bond acceptors (Lipinski definition) is 4. The molecule has 0 atom stereocenters. The van der Waals surface area contributed by atoms with E-state index >= 15 is 0 Å². The molecule has 0 aliphatic rings. The van der Waals surface area contributed by atoms with Gasteiger partial charge in [0.25, 0.3) is 0 Å². The maximum Gasteiger partial charge on any atom is 0.524 e. The summed E-state index contributed by atoms with van der Waals surface area (Å²) in [5.41, 5.74) is -5.59. The minimum Gasteiger partial charge on any atom is -0.457 e. The van der Waals surface area contributed by atoms with Crippen molar-refractivity contribution in [1.82, 2.24) is 0 Å². The first-order valence-corrected chi connectivity index (χ1v) is 13.0. The maximum atomic E-state index is 13.5. The van der Waals surface area contributed by atoms with Gasteiger partial charge in [0.2, 0.25) is 0 Å². The van der Waals surface area contributed by atoms with Crippen LogP contribution in [-0.4, -0.2) is 13.9 Å². The summed E-state index contributed by atoms with van der Waals surface area (Å²) in [4.78, 5) is 0.856. The molecule has 4 rings (SSSR count). The summed E-state index contributed by atoms with van der Waals surface area (Å²) >= 11 is 0. The quantitative estimate of drug-likeness (QED) is 0.244. The van der Waals surface area contributed by atoms with Gasteiger partial charge in [0.1, 0.15) is 11.5 Å². The lowest BCUT2D eigenvalue weighted by Crippen LogP contribution is -2.27. The van der Waals surface area contributed by atoms with Crippen LogP contribution in [-0.2, 0) is 13.7 Å². The molecule has 0 aliphatic carbocycles. The Balaban J connectivity index is 1.90. The number of ether oxygens (including phenoxy) is 1. The van der Waals surface area contributed by atoms with Crippen molar-refractivity contribution >= 4 is 20.4 Å². The summed E-state index contributed by atoms with van der Waals surface area (Å²) in [5, 5.41) is 0. The predicted molar refractivity (Wildman–Crippen MR) is 124 cm³/mol. The summed E-state index contributed by atoms with van der Waals surface area (Å²) < 4.78 is 76.2. The predicted octanol–water partition coefficient (Wildman–Crippen LogP) is 7.54. The second-order valence-corrected chi connectivity index (χ2v) is 11.5. The third-order valence-corrected chi connectivity index (χ3v) is 9.67. The Kier molecular flexibility index (Phi) is 6.70. The molecule has 0 aliphatic heterocycles. The zero-order valence-corrected chi connectivity index (χ0v) is 19.2. The Bertz CT molecular complexity index is 1290. The lowest BCUT2D eigenvalue weighted by molar-refractivity contribution is -0.0496. The molecule has 4 aromatic carbocycles. The molecule has 0 saturated heterocycles. The van der Waals surface area contributed by atoms with E-state index in [1.54, 1.807) is 97.1 Å². The van der Waals surface area contributed by atoms with Crippen LogP contribution < -0.4 is 4.74 Å². The number of hydrogen-bond donors (Lipinski definition) is 0. The van der Waals surface area contributed by atoms with E-state index in [-0.39, 0.29) is 4.90 Å². The minimum atomic E-state index is -5.95. The fraction of sp³-hybridized carbons (Fsp3) is 0.0400. The van der Waals surface area contributed by atoms with Crippen LogP contribution in [0.25, 0.3) is 0 Å². The molecule has 0 amide bonds. The fourth-order valence-electron chi connectivity index (χ4n) is 3.25. The monoisotopic (exact) mass is 504 g/mol. The van der Waals surface area contributed by atoms with Crippen molar-refractivity contribution in [3.8, 4) is 11.5 Å². The normalized spacial score (nSPS) is 12.8. The van der Waals surface area contributed by atoms with Crippen LogP contribution in [0.3, 0.4) is 0 Å². The summed E-state index contributed by atoms with van der Waals surface area (Å²) in [6, 6.07) is 31.3. The highest BCUT2D eigenvalue weighted by atomic mass is 32.3. The Labute approximate surface area is 197 Å². The molecule has 34 heavy (non-hydrogen) atoms. The number of halogens is 3. The molecule has 0 radical (unpaired) electrons. The maximum absolute atomic E-state index is 13.5. The number of para-hydroxylation sites is 1. The van der Waals surface area contributed by atoms with Crippen LogP contribution >= 0.6 is 10.3 Å². The number of benzene rings is 4. The summed E-state index contributed by atoms with van der Waals surface area (Å²) in [7, 11) is -9.28. The van der Waals surface area contributed by atoms with Crippen molar-refractivity contribution in [3.63, 3.8) is 0 Å². The molecule has 0 N–H and O–H groups in total. The molecule has 0 bridgehead atoms. The van der Waals surface area contributed by atoms with Gasteiger partial charge in [-0.2, -0.15) is 25.2 Å². The molecule has 0 saturated carbocycles. The Morgan fingerprint density at radius 3 is 1.35 bits per heavy atom. The third kappa shape index (κ3) is 4.82. The molecule has 9 heteroatoms. The van der Waals surface area contributed by atoms with E-state index in [1.165, 1.54) is 12.1 Å². The van der Waals surface area contributed by atoms with Gasteiger partial charge in [0, 0.05) is 14.7 Å². The fourth-order valence-corrected chi connectivity index (χ4v) is 7.99. The molecule has 0 spiro atoms. The van der Waals surface area contributed by atoms with Crippen molar-refractivity contribution < 1.29 is 30.0 Å². The molecule has 176 valence electrons. The van der Waals surface area contributed by atoms with Gasteiger partial charge < -0.3 is 4.74 Å². The van der Waals surface area contributed by atoms with Crippen LogP contribution in [0.15, 0.2) is 130 Å². The second-order valence-electron chi connectivity index (χ2n) is 7.04. The third-order valence-electron chi connectivity index (χ3n) is 4.76. The van der Waals surface area contributed by atoms with Crippen molar-refractivity contribution in [1.29, 1.82) is 0 Å². The highest BCUT2D eigenvalue weighted by Gasteiger charge is 2.52. The topological polar surface area (TPSA) is 52.6 Å². The van der Waals surface area contributed by atoms with Gasteiger partial charge in [0.15, 0.2) is 0 Å². The average molecular weight is 505 g/mol. The SMILES string of the molecule is O=S(=O)(OS(c1ccccc1)(c1ccccc1)c1ccc(Oc2ccccc2)cc1)C(F)(F)F. The highest BCUT2D eigenvalue weighted by Crippen LogP contribution is 2.70. The van der Waals surface area contributed by atoms with E-state index in [9.17, 15) is 21.6 Å². The van der Waals surface area contributed by atoms with Gasteiger partial charge >= 0.3 is 15.6 Å². The smallest absolute Gasteiger partial charge is 0.457 e. The van der Waals surface area contributed by atoms with Gasteiger partial charge in [-0.25, -0.2) is 0 Å². The Morgan fingerprint density at radius 2 is 0.912 bits per heavy atom. The minimum absolute atomic E-state index is 0.262. The molecule has 0 unspecified atom stereocenters. The first kappa shape index (κ1) is 23.9. The standard InChI is InChI=1S/C25H19F3O4S2/c26-25(27,28)34(29,30)32-33(22-12-6-2-7-13-22,23-14-8-3-9-15-23)24-18-16-21(17-19-24)31-20-10-4-1-5-11-20/h1-19H. The Morgan fingerprint density at radius 1 is 0.529 bits per heavy atom. The lowest BCUT2D eigenvalue weighted by atomic mass is 10.3. The molecule has 0 heterocycles. The average Bonchev–Trinajstić information content (AvgIpc) is 2.84. The van der Waals surface area contributed by atoms with E-state index in [2.05, 4.69) is 0 Å². The molecular formula is C25H19F3O4S2. The highest BCUT2D eigenvalue weighted by molar-refractivity contribution is 8.33. The summed E-state index contributed by atoms with van der Waals surface area (Å²) in [5.74, 6) is 1.01. The van der Waals surface area contributed by atoms with Gasteiger partial charge in [-0.15, -0.1) is 0 Å². The van der Waals surface area contributed by atoms with Crippen molar-refractivity contribution in [3.05, 3.63) is 115 Å². The van der Waals surface area contributed by atoms with Gasteiger partial charge in [-0.3, -0.25) is 0 Å². The molecule has 4 nitrogen and oxygen atoms in total. The second kappa shape index (κ2) is 9.54. The van der Waals surface area contributed by atoms with Crippen LogP contribution in [0.5, 0.6) is 11.5 Å². The molecular weight excluding hydrogens is 485 g/mol. The van der Waals surface area contributed by atoms with Crippen molar-refractivity contribution in [2.45, 2.75) is 20.2 Å². The zero-order chi connectivity index (χ0) is 24.2. The van der Waals surface area contributed by atoms with Crippen LogP contribution in [0.4, 0.5) is 13.2 Å².